The third kappa shape index (κ3) is 5.68. The lowest BCUT2D eigenvalue weighted by Crippen LogP contribution is -2.11. The van der Waals surface area contributed by atoms with Gasteiger partial charge in [0.15, 0.2) is 5.76 Å². The van der Waals surface area contributed by atoms with Crippen molar-refractivity contribution in [2.45, 2.75) is 23.3 Å². The van der Waals surface area contributed by atoms with E-state index in [1.807, 2.05) is 61.5 Å². The van der Waals surface area contributed by atoms with Crippen molar-refractivity contribution in [1.29, 1.82) is 0 Å². The van der Waals surface area contributed by atoms with Crippen LogP contribution < -0.4 is 10.1 Å². The molecular weight excluding hydrogens is 465 g/mol. The highest BCUT2D eigenvalue weighted by atomic mass is 35.5. The van der Waals surface area contributed by atoms with Crippen LogP contribution in [0.15, 0.2) is 93.1 Å². The number of amides is 1. The van der Waals surface area contributed by atoms with E-state index in [4.69, 9.17) is 32.4 Å². The smallest absolute Gasteiger partial charge is 0.291 e. The minimum absolute atomic E-state index is 0.206. The van der Waals surface area contributed by atoms with Crippen molar-refractivity contribution in [3.8, 4) is 5.75 Å². The average molecular weight is 484 g/mol. The zero-order valence-corrected chi connectivity index (χ0v) is 19.4. The van der Waals surface area contributed by atoms with E-state index in [2.05, 4.69) is 5.32 Å². The molecule has 4 aromatic rings. The van der Waals surface area contributed by atoms with Crippen molar-refractivity contribution in [3.63, 3.8) is 0 Å². The number of nitrogens with one attached hydrogen (secondary N) is 1. The van der Waals surface area contributed by atoms with Crippen LogP contribution >= 0.6 is 35.0 Å². The van der Waals surface area contributed by atoms with Crippen LogP contribution in [0.3, 0.4) is 0 Å². The molecule has 0 radical (unpaired) electrons. The maximum absolute atomic E-state index is 12.7. The number of para-hydroxylation sites is 1. The van der Waals surface area contributed by atoms with E-state index in [0.29, 0.717) is 27.2 Å². The Kier molecular flexibility index (Phi) is 7.10. The lowest BCUT2D eigenvalue weighted by atomic mass is 10.2. The number of halogens is 2. The van der Waals surface area contributed by atoms with E-state index in [1.165, 1.54) is 11.8 Å². The van der Waals surface area contributed by atoms with Gasteiger partial charge in [0.25, 0.3) is 5.91 Å². The van der Waals surface area contributed by atoms with E-state index < -0.39 is 0 Å². The highest BCUT2D eigenvalue weighted by Crippen LogP contribution is 2.34. The largest absolute Gasteiger partial charge is 0.486 e. The van der Waals surface area contributed by atoms with Gasteiger partial charge in [-0.05, 0) is 79.2 Å². The first kappa shape index (κ1) is 22.3. The molecule has 0 bridgehead atoms. The highest BCUT2D eigenvalue weighted by Gasteiger charge is 2.14. The SMILES string of the molecule is Cc1cc(OCc2ccc(C(=O)Nc3ccccc3Sc3ccc(Cl)cc3)o2)ccc1Cl. The first-order chi connectivity index (χ1) is 15.5. The van der Waals surface area contributed by atoms with Gasteiger partial charge in [0.2, 0.25) is 0 Å². The third-order valence-corrected chi connectivity index (χ3v) is 6.33. The van der Waals surface area contributed by atoms with Crippen LogP contribution in [-0.4, -0.2) is 5.91 Å². The number of hydrogen-bond donors (Lipinski definition) is 1. The molecular formula is C25H19Cl2NO3S. The monoisotopic (exact) mass is 483 g/mol. The molecule has 1 amide bonds. The second kappa shape index (κ2) is 10.2. The number of hydrogen-bond acceptors (Lipinski definition) is 4. The van der Waals surface area contributed by atoms with Gasteiger partial charge in [-0.3, -0.25) is 4.79 Å². The van der Waals surface area contributed by atoms with E-state index in [-0.39, 0.29) is 18.3 Å². The van der Waals surface area contributed by atoms with Crippen molar-refractivity contribution in [2.75, 3.05) is 5.32 Å². The Balaban J connectivity index is 1.41. The summed E-state index contributed by atoms with van der Waals surface area (Å²) in [5.41, 5.74) is 1.63. The van der Waals surface area contributed by atoms with Gasteiger partial charge < -0.3 is 14.5 Å². The van der Waals surface area contributed by atoms with Crippen LogP contribution in [0.1, 0.15) is 21.9 Å². The third-order valence-electron chi connectivity index (χ3n) is 4.57. The summed E-state index contributed by atoms with van der Waals surface area (Å²) in [6.45, 7) is 2.12. The number of carbonyl (C=O) groups is 1. The van der Waals surface area contributed by atoms with Crippen LogP contribution in [0.5, 0.6) is 5.75 Å². The fourth-order valence-corrected chi connectivity index (χ4v) is 4.06. The summed E-state index contributed by atoms with van der Waals surface area (Å²) in [6.07, 6.45) is 0. The second-order valence-corrected chi connectivity index (χ2v) is 8.93. The number of carbonyl (C=O) groups excluding carboxylic acids is 1. The lowest BCUT2D eigenvalue weighted by Gasteiger charge is -2.10. The number of aryl methyl sites for hydroxylation is 1. The Morgan fingerprint density at radius 2 is 1.78 bits per heavy atom. The number of benzene rings is 3. The molecule has 7 heteroatoms. The van der Waals surface area contributed by atoms with E-state index in [0.717, 1.165) is 15.4 Å². The number of ether oxygens (including phenoxy) is 1. The molecule has 3 aromatic carbocycles. The molecule has 162 valence electrons. The molecule has 0 unspecified atom stereocenters. The Labute approximate surface area is 200 Å². The maximum Gasteiger partial charge on any atom is 0.291 e. The van der Waals surface area contributed by atoms with Gasteiger partial charge >= 0.3 is 0 Å². The summed E-state index contributed by atoms with van der Waals surface area (Å²) < 4.78 is 11.4. The number of furan rings is 1. The molecule has 4 rings (SSSR count). The molecule has 0 aliphatic carbocycles. The molecule has 1 N–H and O–H groups in total. The van der Waals surface area contributed by atoms with Crippen LogP contribution in [0.2, 0.25) is 10.0 Å². The van der Waals surface area contributed by atoms with Gasteiger partial charge in [-0.1, -0.05) is 47.1 Å². The van der Waals surface area contributed by atoms with E-state index in [9.17, 15) is 4.79 Å². The first-order valence-electron chi connectivity index (χ1n) is 9.79. The van der Waals surface area contributed by atoms with Crippen LogP contribution in [0.25, 0.3) is 0 Å². The molecule has 4 nitrogen and oxygen atoms in total. The first-order valence-corrected chi connectivity index (χ1v) is 11.4. The summed E-state index contributed by atoms with van der Waals surface area (Å²) in [5, 5.41) is 4.29. The Morgan fingerprint density at radius 3 is 2.56 bits per heavy atom. The molecule has 0 saturated carbocycles. The summed E-state index contributed by atoms with van der Waals surface area (Å²) in [6, 6.07) is 23.9. The number of anilines is 1. The van der Waals surface area contributed by atoms with Crippen molar-refractivity contribution in [3.05, 3.63) is 106 Å². The molecule has 0 fully saturated rings. The fourth-order valence-electron chi connectivity index (χ4n) is 2.91. The van der Waals surface area contributed by atoms with Gasteiger partial charge in [-0.2, -0.15) is 0 Å². The summed E-state index contributed by atoms with van der Waals surface area (Å²) in [4.78, 5) is 14.7. The molecule has 0 atom stereocenters. The van der Waals surface area contributed by atoms with Gasteiger partial charge in [0, 0.05) is 19.8 Å². The molecule has 1 heterocycles. The van der Waals surface area contributed by atoms with E-state index >= 15 is 0 Å². The second-order valence-electron chi connectivity index (χ2n) is 6.97. The van der Waals surface area contributed by atoms with Crippen LogP contribution in [0.4, 0.5) is 5.69 Å². The molecule has 0 aliphatic rings. The zero-order chi connectivity index (χ0) is 22.5. The topological polar surface area (TPSA) is 51.5 Å². The maximum atomic E-state index is 12.7. The summed E-state index contributed by atoms with van der Waals surface area (Å²) in [7, 11) is 0. The van der Waals surface area contributed by atoms with Gasteiger partial charge in [-0.15, -0.1) is 0 Å². The van der Waals surface area contributed by atoms with Crippen molar-refractivity contribution < 1.29 is 13.9 Å². The fraction of sp³-hybridized carbons (Fsp3) is 0.0800. The Hall–Kier alpha value is -2.86. The quantitative estimate of drug-likeness (QED) is 0.290. The Bertz CT molecular complexity index is 1240. The van der Waals surface area contributed by atoms with Gasteiger partial charge in [0.1, 0.15) is 18.1 Å². The van der Waals surface area contributed by atoms with Crippen molar-refractivity contribution >= 4 is 46.6 Å². The normalized spacial score (nSPS) is 10.7. The predicted octanol–water partition coefficient (Wildman–Crippen LogP) is 7.88. The lowest BCUT2D eigenvalue weighted by molar-refractivity contribution is 0.0992. The standard InChI is InChI=1S/C25H19Cl2NO3S/c1-16-14-18(8-12-21(16)27)30-15-19-9-13-23(31-19)25(29)28-22-4-2-3-5-24(22)32-20-10-6-17(26)7-11-20/h2-14H,15H2,1H3,(H,28,29). The zero-order valence-electron chi connectivity index (χ0n) is 17.1. The van der Waals surface area contributed by atoms with Crippen molar-refractivity contribution in [2.24, 2.45) is 0 Å². The molecule has 32 heavy (non-hydrogen) atoms. The highest BCUT2D eigenvalue weighted by molar-refractivity contribution is 7.99. The summed E-state index contributed by atoms with van der Waals surface area (Å²) in [5.74, 6) is 1.11. The molecule has 0 spiro atoms. The molecule has 1 aromatic heterocycles. The van der Waals surface area contributed by atoms with E-state index in [1.54, 1.807) is 24.3 Å². The predicted molar refractivity (Wildman–Crippen MR) is 129 cm³/mol. The van der Waals surface area contributed by atoms with Crippen LogP contribution in [-0.2, 0) is 6.61 Å². The summed E-state index contributed by atoms with van der Waals surface area (Å²) >= 11 is 13.5. The minimum Gasteiger partial charge on any atom is -0.486 e. The average Bonchev–Trinajstić information content (AvgIpc) is 3.27. The minimum atomic E-state index is -0.331. The van der Waals surface area contributed by atoms with Crippen molar-refractivity contribution in [1.82, 2.24) is 0 Å². The Morgan fingerprint density at radius 1 is 1.00 bits per heavy atom. The van der Waals surface area contributed by atoms with Gasteiger partial charge in [0.05, 0.1) is 5.69 Å². The number of rotatable bonds is 7. The van der Waals surface area contributed by atoms with Crippen LogP contribution in [0, 0.1) is 6.92 Å². The van der Waals surface area contributed by atoms with Gasteiger partial charge in [-0.25, -0.2) is 0 Å². The molecule has 0 saturated heterocycles. The molecule has 0 aliphatic heterocycles.